The Bertz CT molecular complexity index is 1260. The lowest BCUT2D eigenvalue weighted by Crippen LogP contribution is -2.20. The average Bonchev–Trinajstić information content (AvgIpc) is 2.84. The third-order valence-electron chi connectivity index (χ3n) is 5.13. The Morgan fingerprint density at radius 1 is 0.971 bits per heavy atom. The number of nitriles is 1. The maximum absolute atomic E-state index is 12.6. The Labute approximate surface area is 198 Å². The molecular formula is C27H25N3O4. The molecule has 0 unspecified atom stereocenters. The number of carbonyl (C=O) groups excluding carboxylic acids is 2. The van der Waals surface area contributed by atoms with Crippen molar-refractivity contribution in [2.24, 2.45) is 0 Å². The first-order valence-electron chi connectivity index (χ1n) is 10.6. The van der Waals surface area contributed by atoms with Gasteiger partial charge >= 0.3 is 0 Å². The smallest absolute Gasteiger partial charge is 0.266 e. The second-order valence-electron chi connectivity index (χ2n) is 7.51. The van der Waals surface area contributed by atoms with Crippen molar-refractivity contribution in [2.45, 2.75) is 13.8 Å². The van der Waals surface area contributed by atoms with Gasteiger partial charge in [-0.25, -0.2) is 0 Å². The molecule has 3 aromatic carbocycles. The molecule has 0 saturated carbocycles. The molecule has 0 atom stereocenters. The molecule has 2 N–H and O–H groups in total. The van der Waals surface area contributed by atoms with Gasteiger partial charge in [-0.15, -0.1) is 0 Å². The Hall–Kier alpha value is -4.57. The Morgan fingerprint density at radius 2 is 1.71 bits per heavy atom. The van der Waals surface area contributed by atoms with Gasteiger partial charge in [0.2, 0.25) is 0 Å². The zero-order chi connectivity index (χ0) is 24.5. The molecule has 7 heteroatoms. The number of anilines is 2. The fourth-order valence-electron chi connectivity index (χ4n) is 3.11. The van der Waals surface area contributed by atoms with Crippen LogP contribution in [0.4, 0.5) is 11.4 Å². The summed E-state index contributed by atoms with van der Waals surface area (Å²) in [6.45, 7) is 3.67. The minimum absolute atomic E-state index is 0.0460. The van der Waals surface area contributed by atoms with Gasteiger partial charge in [0, 0.05) is 11.4 Å². The van der Waals surface area contributed by atoms with Crippen molar-refractivity contribution in [3.8, 4) is 17.6 Å². The summed E-state index contributed by atoms with van der Waals surface area (Å²) in [6, 6.07) is 21.3. The van der Waals surface area contributed by atoms with Gasteiger partial charge in [0.1, 0.15) is 23.1 Å². The highest BCUT2D eigenvalue weighted by atomic mass is 16.5. The van der Waals surface area contributed by atoms with E-state index in [2.05, 4.69) is 10.6 Å². The van der Waals surface area contributed by atoms with Gasteiger partial charge in [0.15, 0.2) is 6.61 Å². The lowest BCUT2D eigenvalue weighted by molar-refractivity contribution is -0.118. The molecule has 3 rings (SSSR count). The maximum atomic E-state index is 12.6. The van der Waals surface area contributed by atoms with Gasteiger partial charge < -0.3 is 20.1 Å². The molecule has 0 heterocycles. The van der Waals surface area contributed by atoms with Gasteiger partial charge in [-0.2, -0.15) is 5.26 Å². The molecule has 34 heavy (non-hydrogen) atoms. The number of hydrogen-bond acceptors (Lipinski definition) is 5. The van der Waals surface area contributed by atoms with Crippen LogP contribution in [0.15, 0.2) is 72.3 Å². The molecular weight excluding hydrogens is 430 g/mol. The largest absolute Gasteiger partial charge is 0.497 e. The fourth-order valence-corrected chi connectivity index (χ4v) is 3.11. The van der Waals surface area contributed by atoms with Crippen LogP contribution in [-0.4, -0.2) is 25.5 Å². The molecule has 0 aromatic heterocycles. The topological polar surface area (TPSA) is 100 Å². The molecule has 0 saturated heterocycles. The molecule has 172 valence electrons. The number of carbonyl (C=O) groups is 2. The normalized spacial score (nSPS) is 10.7. The molecule has 3 aromatic rings. The van der Waals surface area contributed by atoms with E-state index in [4.69, 9.17) is 9.47 Å². The highest BCUT2D eigenvalue weighted by Gasteiger charge is 2.12. The van der Waals surface area contributed by atoms with Gasteiger partial charge in [-0.1, -0.05) is 24.3 Å². The second-order valence-corrected chi connectivity index (χ2v) is 7.51. The number of nitrogens with zero attached hydrogens (tertiary/aromatic N) is 1. The number of methoxy groups -OCH3 is 1. The molecule has 0 aliphatic heterocycles. The van der Waals surface area contributed by atoms with Crippen LogP contribution in [0.2, 0.25) is 0 Å². The summed E-state index contributed by atoms with van der Waals surface area (Å²) in [6.07, 6.45) is 1.48. The molecule has 2 amide bonds. The SMILES string of the molecule is COc1ccc(NC(=O)COc2cccc(/C=C(/C#N)C(=O)Nc3cccc(C)c3C)c2)cc1. The van der Waals surface area contributed by atoms with E-state index in [-0.39, 0.29) is 18.1 Å². The molecule has 0 fully saturated rings. The Kier molecular flexibility index (Phi) is 8.03. The van der Waals surface area contributed by atoms with Crippen molar-refractivity contribution in [2.75, 3.05) is 24.4 Å². The van der Waals surface area contributed by atoms with Crippen molar-refractivity contribution in [3.63, 3.8) is 0 Å². The summed E-state index contributed by atoms with van der Waals surface area (Å²) < 4.78 is 10.7. The maximum Gasteiger partial charge on any atom is 0.266 e. The standard InChI is InChI=1S/C27H25N3O4/c1-18-6-4-9-25(19(18)2)30-27(32)21(16-28)14-20-7-5-8-24(15-20)34-17-26(31)29-22-10-12-23(33-3)13-11-22/h4-15H,17H2,1-3H3,(H,29,31)(H,30,32)/b21-14-. The van der Waals surface area contributed by atoms with Crippen LogP contribution in [0.1, 0.15) is 16.7 Å². The third kappa shape index (κ3) is 6.47. The van der Waals surface area contributed by atoms with Crippen molar-refractivity contribution in [3.05, 3.63) is 89.0 Å². The molecule has 0 aliphatic rings. The Balaban J connectivity index is 1.63. The first-order chi connectivity index (χ1) is 16.4. The summed E-state index contributed by atoms with van der Waals surface area (Å²) in [5, 5.41) is 15.0. The van der Waals surface area contributed by atoms with E-state index in [1.165, 1.54) is 6.08 Å². The van der Waals surface area contributed by atoms with E-state index in [0.29, 0.717) is 28.4 Å². The predicted octanol–water partition coefficient (Wildman–Crippen LogP) is 4.88. The summed E-state index contributed by atoms with van der Waals surface area (Å²) >= 11 is 0. The molecule has 0 spiro atoms. The van der Waals surface area contributed by atoms with Crippen molar-refractivity contribution >= 4 is 29.3 Å². The van der Waals surface area contributed by atoms with Crippen LogP contribution < -0.4 is 20.1 Å². The number of aryl methyl sites for hydroxylation is 1. The van der Waals surface area contributed by atoms with Crippen LogP contribution in [0, 0.1) is 25.2 Å². The van der Waals surface area contributed by atoms with E-state index in [9.17, 15) is 14.9 Å². The van der Waals surface area contributed by atoms with Crippen molar-refractivity contribution < 1.29 is 19.1 Å². The number of amides is 2. The third-order valence-corrected chi connectivity index (χ3v) is 5.13. The molecule has 0 radical (unpaired) electrons. The van der Waals surface area contributed by atoms with Crippen LogP contribution in [0.5, 0.6) is 11.5 Å². The highest BCUT2D eigenvalue weighted by Crippen LogP contribution is 2.20. The minimum Gasteiger partial charge on any atom is -0.497 e. The number of benzene rings is 3. The zero-order valence-corrected chi connectivity index (χ0v) is 19.2. The molecule has 0 bridgehead atoms. The predicted molar refractivity (Wildman–Crippen MR) is 132 cm³/mol. The van der Waals surface area contributed by atoms with Crippen LogP contribution in [0.3, 0.4) is 0 Å². The molecule has 7 nitrogen and oxygen atoms in total. The van der Waals surface area contributed by atoms with Crippen LogP contribution >= 0.6 is 0 Å². The van der Waals surface area contributed by atoms with E-state index < -0.39 is 5.91 Å². The lowest BCUT2D eigenvalue weighted by Gasteiger charge is -2.10. The first kappa shape index (κ1) is 24.1. The van der Waals surface area contributed by atoms with Crippen molar-refractivity contribution in [1.82, 2.24) is 0 Å². The minimum atomic E-state index is -0.499. The van der Waals surface area contributed by atoms with Gasteiger partial charge in [-0.3, -0.25) is 9.59 Å². The number of nitrogens with one attached hydrogen (secondary N) is 2. The van der Waals surface area contributed by atoms with E-state index >= 15 is 0 Å². The summed E-state index contributed by atoms with van der Waals surface area (Å²) in [5.74, 6) is 0.308. The number of ether oxygens (including phenoxy) is 2. The molecule has 0 aliphatic carbocycles. The van der Waals surface area contributed by atoms with Gasteiger partial charge in [-0.05, 0) is 79.1 Å². The first-order valence-corrected chi connectivity index (χ1v) is 10.6. The lowest BCUT2D eigenvalue weighted by atomic mass is 10.1. The summed E-state index contributed by atoms with van der Waals surface area (Å²) in [7, 11) is 1.57. The quantitative estimate of drug-likeness (QED) is 0.373. The van der Waals surface area contributed by atoms with Gasteiger partial charge in [0.05, 0.1) is 7.11 Å². The fraction of sp³-hybridized carbons (Fsp3) is 0.148. The number of hydrogen-bond donors (Lipinski definition) is 2. The van der Waals surface area contributed by atoms with Crippen molar-refractivity contribution in [1.29, 1.82) is 5.26 Å². The second kappa shape index (κ2) is 11.3. The van der Waals surface area contributed by atoms with Crippen LogP contribution in [-0.2, 0) is 9.59 Å². The summed E-state index contributed by atoms with van der Waals surface area (Å²) in [4.78, 5) is 24.8. The monoisotopic (exact) mass is 455 g/mol. The number of rotatable bonds is 8. The summed E-state index contributed by atoms with van der Waals surface area (Å²) in [5.41, 5.74) is 3.82. The zero-order valence-electron chi connectivity index (χ0n) is 19.2. The Morgan fingerprint density at radius 3 is 2.41 bits per heavy atom. The van der Waals surface area contributed by atoms with Crippen LogP contribution in [0.25, 0.3) is 6.08 Å². The van der Waals surface area contributed by atoms with Gasteiger partial charge in [0.25, 0.3) is 11.8 Å². The van der Waals surface area contributed by atoms with E-state index in [1.807, 2.05) is 32.0 Å². The highest BCUT2D eigenvalue weighted by molar-refractivity contribution is 6.10. The van der Waals surface area contributed by atoms with E-state index in [1.54, 1.807) is 61.7 Å². The average molecular weight is 456 g/mol. The van der Waals surface area contributed by atoms with E-state index in [0.717, 1.165) is 11.1 Å².